The van der Waals surface area contributed by atoms with Crippen molar-refractivity contribution in [1.29, 1.82) is 0 Å². The lowest BCUT2D eigenvalue weighted by Crippen LogP contribution is -2.46. The maximum Gasteiger partial charge on any atom is 0.241 e. The molecule has 1 saturated heterocycles. The van der Waals surface area contributed by atoms with Crippen molar-refractivity contribution < 1.29 is 14.0 Å². The van der Waals surface area contributed by atoms with Gasteiger partial charge < -0.3 is 18.9 Å². The molecule has 0 bridgehead atoms. The van der Waals surface area contributed by atoms with E-state index in [1.807, 2.05) is 43.3 Å². The molecule has 0 amide bonds. The molecule has 0 N–H and O–H groups in total. The zero-order valence-corrected chi connectivity index (χ0v) is 16.9. The lowest BCUT2D eigenvalue weighted by atomic mass is 10.2. The molecule has 0 spiro atoms. The fourth-order valence-electron chi connectivity index (χ4n) is 3.53. The summed E-state index contributed by atoms with van der Waals surface area (Å²) in [6.07, 6.45) is 0. The van der Waals surface area contributed by atoms with Gasteiger partial charge in [-0.15, -0.1) is 0 Å². The molecular formula is C22H26N4O3. The molecule has 1 aliphatic rings. The number of hydrogen-bond donors (Lipinski definition) is 0. The third kappa shape index (κ3) is 4.51. The molecule has 1 aliphatic heterocycles. The molecule has 2 aromatic carbocycles. The van der Waals surface area contributed by atoms with E-state index < -0.39 is 0 Å². The zero-order valence-electron chi connectivity index (χ0n) is 16.9. The number of piperazine rings is 1. The van der Waals surface area contributed by atoms with Gasteiger partial charge in [-0.05, 0) is 31.2 Å². The van der Waals surface area contributed by atoms with Crippen molar-refractivity contribution in [1.82, 2.24) is 15.0 Å². The largest absolute Gasteiger partial charge is 0.497 e. The van der Waals surface area contributed by atoms with E-state index in [1.54, 1.807) is 7.11 Å². The molecule has 0 radical (unpaired) electrons. The number of aromatic nitrogens is 2. The van der Waals surface area contributed by atoms with Crippen LogP contribution in [0.25, 0.3) is 11.4 Å². The predicted octanol–water partition coefficient (Wildman–Crippen LogP) is 3.47. The van der Waals surface area contributed by atoms with E-state index in [0.29, 0.717) is 24.9 Å². The average Bonchev–Trinajstić information content (AvgIpc) is 3.24. The van der Waals surface area contributed by atoms with Gasteiger partial charge in [-0.1, -0.05) is 29.4 Å². The Morgan fingerprint density at radius 3 is 2.66 bits per heavy atom. The number of benzene rings is 2. The Balaban J connectivity index is 1.36. The second kappa shape index (κ2) is 8.96. The summed E-state index contributed by atoms with van der Waals surface area (Å²) in [4.78, 5) is 9.27. The SMILES string of the molecule is CCOc1ccccc1N1CCN(Cc2nc(-c3cccc(OC)c3)no2)CC1. The molecule has 2 heterocycles. The van der Waals surface area contributed by atoms with Crippen LogP contribution in [0.2, 0.25) is 0 Å². The normalized spacial score (nSPS) is 14.8. The van der Waals surface area contributed by atoms with Crippen molar-refractivity contribution in [3.8, 4) is 22.9 Å². The van der Waals surface area contributed by atoms with E-state index in [4.69, 9.17) is 14.0 Å². The highest BCUT2D eigenvalue weighted by atomic mass is 16.5. The molecule has 29 heavy (non-hydrogen) atoms. The highest BCUT2D eigenvalue weighted by Crippen LogP contribution is 2.29. The van der Waals surface area contributed by atoms with Crippen LogP contribution < -0.4 is 14.4 Å². The van der Waals surface area contributed by atoms with E-state index >= 15 is 0 Å². The van der Waals surface area contributed by atoms with Gasteiger partial charge in [-0.3, -0.25) is 4.90 Å². The van der Waals surface area contributed by atoms with Crippen molar-refractivity contribution >= 4 is 5.69 Å². The van der Waals surface area contributed by atoms with Crippen LogP contribution in [0.4, 0.5) is 5.69 Å². The number of para-hydroxylation sites is 2. The van der Waals surface area contributed by atoms with Gasteiger partial charge in [-0.25, -0.2) is 0 Å². The Kier molecular flexibility index (Phi) is 5.95. The second-order valence-corrected chi connectivity index (χ2v) is 6.91. The number of hydrogen-bond acceptors (Lipinski definition) is 7. The standard InChI is InChI=1S/C22H26N4O3/c1-3-28-20-10-5-4-9-19(20)26-13-11-25(12-14-26)16-21-23-22(24-29-21)17-7-6-8-18(15-17)27-2/h4-10,15H,3,11-14,16H2,1-2H3. The summed E-state index contributed by atoms with van der Waals surface area (Å²) in [5.41, 5.74) is 2.05. The van der Waals surface area contributed by atoms with Gasteiger partial charge in [-0.2, -0.15) is 4.98 Å². The quantitative estimate of drug-likeness (QED) is 0.608. The minimum Gasteiger partial charge on any atom is -0.497 e. The summed E-state index contributed by atoms with van der Waals surface area (Å²) in [5.74, 6) is 2.94. The molecule has 0 atom stereocenters. The molecule has 1 fully saturated rings. The maximum absolute atomic E-state index is 5.78. The lowest BCUT2D eigenvalue weighted by Gasteiger charge is -2.36. The first kappa shape index (κ1) is 19.3. The molecule has 152 valence electrons. The van der Waals surface area contributed by atoms with Gasteiger partial charge >= 0.3 is 0 Å². The molecule has 4 rings (SSSR count). The van der Waals surface area contributed by atoms with Crippen LogP contribution in [0.3, 0.4) is 0 Å². The Labute approximate surface area is 170 Å². The van der Waals surface area contributed by atoms with Crippen LogP contribution in [0.15, 0.2) is 53.1 Å². The first-order chi connectivity index (χ1) is 14.3. The van der Waals surface area contributed by atoms with Crippen LogP contribution >= 0.6 is 0 Å². The Hall–Kier alpha value is -3.06. The Morgan fingerprint density at radius 2 is 1.86 bits per heavy atom. The summed E-state index contributed by atoms with van der Waals surface area (Å²) in [5, 5.41) is 4.13. The smallest absolute Gasteiger partial charge is 0.241 e. The first-order valence-electron chi connectivity index (χ1n) is 9.93. The fourth-order valence-corrected chi connectivity index (χ4v) is 3.53. The molecule has 7 nitrogen and oxygen atoms in total. The van der Waals surface area contributed by atoms with E-state index in [0.717, 1.165) is 48.9 Å². The summed E-state index contributed by atoms with van der Waals surface area (Å²) in [6.45, 7) is 7.05. The van der Waals surface area contributed by atoms with Gasteiger partial charge in [0, 0.05) is 31.7 Å². The Bertz CT molecular complexity index is 935. The number of methoxy groups -OCH3 is 1. The van der Waals surface area contributed by atoms with E-state index in [-0.39, 0.29) is 0 Å². The third-order valence-corrected chi connectivity index (χ3v) is 5.03. The van der Waals surface area contributed by atoms with E-state index in [2.05, 4.69) is 32.1 Å². The maximum atomic E-state index is 5.78. The van der Waals surface area contributed by atoms with Gasteiger partial charge in [0.15, 0.2) is 0 Å². The number of rotatable bonds is 7. The summed E-state index contributed by atoms with van der Waals surface area (Å²) in [6, 6.07) is 15.9. The van der Waals surface area contributed by atoms with Gasteiger partial charge in [0.25, 0.3) is 0 Å². The van der Waals surface area contributed by atoms with Gasteiger partial charge in [0.2, 0.25) is 11.7 Å². The number of ether oxygens (including phenoxy) is 2. The molecule has 3 aromatic rings. The third-order valence-electron chi connectivity index (χ3n) is 5.03. The summed E-state index contributed by atoms with van der Waals surface area (Å²) < 4.78 is 16.5. The summed E-state index contributed by atoms with van der Waals surface area (Å²) in [7, 11) is 1.65. The summed E-state index contributed by atoms with van der Waals surface area (Å²) >= 11 is 0. The number of nitrogens with zero attached hydrogens (tertiary/aromatic N) is 4. The van der Waals surface area contributed by atoms with E-state index in [9.17, 15) is 0 Å². The van der Waals surface area contributed by atoms with Crippen molar-refractivity contribution in [3.05, 3.63) is 54.4 Å². The van der Waals surface area contributed by atoms with Crippen LogP contribution in [0, 0.1) is 0 Å². The van der Waals surface area contributed by atoms with Gasteiger partial charge in [0.05, 0.1) is 25.9 Å². The van der Waals surface area contributed by atoms with Gasteiger partial charge in [0.1, 0.15) is 11.5 Å². The molecule has 0 unspecified atom stereocenters. The second-order valence-electron chi connectivity index (χ2n) is 6.91. The van der Waals surface area contributed by atoms with Crippen molar-refractivity contribution in [2.75, 3.05) is 44.8 Å². The highest BCUT2D eigenvalue weighted by Gasteiger charge is 2.21. The molecule has 0 aliphatic carbocycles. The minimum atomic E-state index is 0.586. The topological polar surface area (TPSA) is 63.9 Å². The molecule has 7 heteroatoms. The van der Waals surface area contributed by atoms with Crippen molar-refractivity contribution in [2.45, 2.75) is 13.5 Å². The Morgan fingerprint density at radius 1 is 1.03 bits per heavy atom. The monoisotopic (exact) mass is 394 g/mol. The van der Waals surface area contributed by atoms with Crippen LogP contribution in [0.1, 0.15) is 12.8 Å². The number of anilines is 1. The molecule has 1 aromatic heterocycles. The lowest BCUT2D eigenvalue weighted by molar-refractivity contribution is 0.215. The zero-order chi connectivity index (χ0) is 20.1. The van der Waals surface area contributed by atoms with Crippen molar-refractivity contribution in [3.63, 3.8) is 0 Å². The first-order valence-corrected chi connectivity index (χ1v) is 9.93. The van der Waals surface area contributed by atoms with Crippen LogP contribution in [-0.2, 0) is 6.54 Å². The van der Waals surface area contributed by atoms with Crippen molar-refractivity contribution in [2.24, 2.45) is 0 Å². The van der Waals surface area contributed by atoms with Crippen LogP contribution in [0.5, 0.6) is 11.5 Å². The minimum absolute atomic E-state index is 0.586. The molecule has 0 saturated carbocycles. The predicted molar refractivity (Wildman–Crippen MR) is 111 cm³/mol. The average molecular weight is 394 g/mol. The molecular weight excluding hydrogens is 368 g/mol. The van der Waals surface area contributed by atoms with Crippen LogP contribution in [-0.4, -0.2) is 54.9 Å². The van der Waals surface area contributed by atoms with E-state index in [1.165, 1.54) is 0 Å². The highest BCUT2D eigenvalue weighted by molar-refractivity contribution is 5.59. The fraction of sp³-hybridized carbons (Fsp3) is 0.364.